The van der Waals surface area contributed by atoms with E-state index in [4.69, 9.17) is 11.6 Å². The SMILES string of the molecule is O=C(Nc1cnn(Cc2ccccc2)c1)c1ccnc(Cl)c1. The Morgan fingerprint density at radius 1 is 1.23 bits per heavy atom. The summed E-state index contributed by atoms with van der Waals surface area (Å²) in [5.41, 5.74) is 2.23. The Balaban J connectivity index is 1.68. The number of hydrogen-bond acceptors (Lipinski definition) is 3. The Morgan fingerprint density at radius 3 is 2.82 bits per heavy atom. The van der Waals surface area contributed by atoms with E-state index in [9.17, 15) is 4.79 Å². The number of hydrogen-bond donors (Lipinski definition) is 1. The average molecular weight is 313 g/mol. The average Bonchev–Trinajstić information content (AvgIpc) is 2.95. The van der Waals surface area contributed by atoms with Gasteiger partial charge in [0.25, 0.3) is 5.91 Å². The summed E-state index contributed by atoms with van der Waals surface area (Å²) in [4.78, 5) is 15.9. The fourth-order valence-electron chi connectivity index (χ4n) is 2.03. The van der Waals surface area contributed by atoms with E-state index >= 15 is 0 Å². The second-order valence-corrected chi connectivity index (χ2v) is 5.12. The Morgan fingerprint density at radius 2 is 2.05 bits per heavy atom. The number of carbonyl (C=O) groups excluding carboxylic acids is 1. The molecule has 0 atom stereocenters. The molecule has 2 aromatic heterocycles. The molecule has 0 spiro atoms. The number of nitrogens with one attached hydrogen (secondary N) is 1. The van der Waals surface area contributed by atoms with E-state index in [1.807, 2.05) is 30.3 Å². The summed E-state index contributed by atoms with van der Waals surface area (Å²) >= 11 is 5.78. The number of nitrogens with zero attached hydrogens (tertiary/aromatic N) is 3. The van der Waals surface area contributed by atoms with Crippen molar-refractivity contribution in [2.45, 2.75) is 6.54 Å². The number of anilines is 1. The van der Waals surface area contributed by atoms with Crippen LogP contribution >= 0.6 is 11.6 Å². The van der Waals surface area contributed by atoms with Crippen LogP contribution in [0.2, 0.25) is 5.15 Å². The third-order valence-corrected chi connectivity index (χ3v) is 3.27. The Labute approximate surface area is 132 Å². The first kappa shape index (κ1) is 14.3. The van der Waals surface area contributed by atoms with Crippen molar-refractivity contribution in [2.24, 2.45) is 0 Å². The molecule has 0 aliphatic heterocycles. The van der Waals surface area contributed by atoms with Gasteiger partial charge in [-0.1, -0.05) is 41.9 Å². The molecule has 0 bridgehead atoms. The highest BCUT2D eigenvalue weighted by Crippen LogP contribution is 2.12. The van der Waals surface area contributed by atoms with Gasteiger partial charge in [0.05, 0.1) is 18.4 Å². The molecule has 0 aliphatic carbocycles. The molecule has 0 unspecified atom stereocenters. The van der Waals surface area contributed by atoms with E-state index in [1.54, 1.807) is 23.1 Å². The van der Waals surface area contributed by atoms with Crippen LogP contribution in [0.5, 0.6) is 0 Å². The third-order valence-electron chi connectivity index (χ3n) is 3.07. The third kappa shape index (κ3) is 3.51. The summed E-state index contributed by atoms with van der Waals surface area (Å²) in [7, 11) is 0. The Kier molecular flexibility index (Phi) is 4.16. The molecule has 1 aromatic carbocycles. The largest absolute Gasteiger partial charge is 0.319 e. The fraction of sp³-hybridized carbons (Fsp3) is 0.0625. The molecule has 0 saturated carbocycles. The van der Waals surface area contributed by atoms with Crippen molar-refractivity contribution < 1.29 is 4.79 Å². The minimum Gasteiger partial charge on any atom is -0.319 e. The van der Waals surface area contributed by atoms with E-state index < -0.39 is 0 Å². The molecular formula is C16H13ClN4O. The van der Waals surface area contributed by atoms with Gasteiger partial charge in [0, 0.05) is 18.0 Å². The van der Waals surface area contributed by atoms with Crippen LogP contribution in [0.25, 0.3) is 0 Å². The van der Waals surface area contributed by atoms with Crippen LogP contribution in [-0.4, -0.2) is 20.7 Å². The first-order chi connectivity index (χ1) is 10.7. The summed E-state index contributed by atoms with van der Waals surface area (Å²) in [6.45, 7) is 0.651. The maximum Gasteiger partial charge on any atom is 0.255 e. The van der Waals surface area contributed by atoms with Crippen LogP contribution in [0.1, 0.15) is 15.9 Å². The second kappa shape index (κ2) is 6.41. The van der Waals surface area contributed by atoms with Crippen molar-refractivity contribution in [2.75, 3.05) is 5.32 Å². The molecule has 22 heavy (non-hydrogen) atoms. The highest BCUT2D eigenvalue weighted by atomic mass is 35.5. The first-order valence-corrected chi connectivity index (χ1v) is 7.08. The quantitative estimate of drug-likeness (QED) is 0.752. The van der Waals surface area contributed by atoms with Gasteiger partial charge in [0.2, 0.25) is 0 Å². The number of aromatic nitrogens is 3. The van der Waals surface area contributed by atoms with E-state index in [-0.39, 0.29) is 11.1 Å². The molecule has 110 valence electrons. The second-order valence-electron chi connectivity index (χ2n) is 4.73. The van der Waals surface area contributed by atoms with Crippen LogP contribution in [0.4, 0.5) is 5.69 Å². The van der Waals surface area contributed by atoms with Gasteiger partial charge in [-0.25, -0.2) is 4.98 Å². The van der Waals surface area contributed by atoms with Gasteiger partial charge in [-0.2, -0.15) is 5.10 Å². The van der Waals surface area contributed by atoms with Crippen molar-refractivity contribution in [3.8, 4) is 0 Å². The Bertz CT molecular complexity index is 786. The minimum absolute atomic E-state index is 0.247. The molecule has 0 aliphatic rings. The molecule has 1 N–H and O–H groups in total. The molecule has 6 heteroatoms. The van der Waals surface area contributed by atoms with Crippen molar-refractivity contribution in [1.82, 2.24) is 14.8 Å². The van der Waals surface area contributed by atoms with Gasteiger partial charge >= 0.3 is 0 Å². The lowest BCUT2D eigenvalue weighted by molar-refractivity contribution is 0.102. The number of amides is 1. The lowest BCUT2D eigenvalue weighted by atomic mass is 10.2. The highest BCUT2D eigenvalue weighted by molar-refractivity contribution is 6.29. The van der Waals surface area contributed by atoms with Gasteiger partial charge in [0.15, 0.2) is 0 Å². The molecular weight excluding hydrogens is 300 g/mol. The molecule has 2 heterocycles. The lowest BCUT2D eigenvalue weighted by Gasteiger charge is -2.03. The zero-order valence-corrected chi connectivity index (χ0v) is 12.4. The number of halogens is 1. The van der Waals surface area contributed by atoms with Crippen LogP contribution in [-0.2, 0) is 6.54 Å². The first-order valence-electron chi connectivity index (χ1n) is 6.70. The maximum atomic E-state index is 12.1. The highest BCUT2D eigenvalue weighted by Gasteiger charge is 2.08. The molecule has 0 saturated heterocycles. The molecule has 3 aromatic rings. The molecule has 3 rings (SSSR count). The van der Waals surface area contributed by atoms with Crippen LogP contribution in [0, 0.1) is 0 Å². The minimum atomic E-state index is -0.247. The summed E-state index contributed by atoms with van der Waals surface area (Å²) < 4.78 is 1.77. The number of benzene rings is 1. The van der Waals surface area contributed by atoms with Crippen molar-refractivity contribution in [1.29, 1.82) is 0 Å². The number of rotatable bonds is 4. The van der Waals surface area contributed by atoms with E-state index in [1.165, 1.54) is 12.3 Å². The standard InChI is InChI=1S/C16H13ClN4O/c17-15-8-13(6-7-18-15)16(22)20-14-9-19-21(11-14)10-12-4-2-1-3-5-12/h1-9,11H,10H2,(H,20,22). The van der Waals surface area contributed by atoms with E-state index in [2.05, 4.69) is 15.4 Å². The molecule has 0 fully saturated rings. The number of pyridine rings is 1. The van der Waals surface area contributed by atoms with Gasteiger partial charge in [-0.05, 0) is 17.7 Å². The monoisotopic (exact) mass is 312 g/mol. The normalized spacial score (nSPS) is 10.4. The topological polar surface area (TPSA) is 59.8 Å². The Hall–Kier alpha value is -2.66. The van der Waals surface area contributed by atoms with Gasteiger partial charge in [-0.15, -0.1) is 0 Å². The smallest absolute Gasteiger partial charge is 0.255 e. The molecule has 0 radical (unpaired) electrons. The summed E-state index contributed by atoms with van der Waals surface area (Å²) in [5.74, 6) is -0.247. The van der Waals surface area contributed by atoms with E-state index in [0.717, 1.165) is 5.56 Å². The number of carbonyl (C=O) groups is 1. The van der Waals surface area contributed by atoms with Crippen molar-refractivity contribution in [3.63, 3.8) is 0 Å². The maximum absolute atomic E-state index is 12.1. The van der Waals surface area contributed by atoms with E-state index in [0.29, 0.717) is 17.8 Å². The molecule has 1 amide bonds. The predicted octanol–water partition coefficient (Wildman–Crippen LogP) is 3.23. The zero-order chi connectivity index (χ0) is 15.4. The zero-order valence-electron chi connectivity index (χ0n) is 11.6. The summed E-state index contributed by atoms with van der Waals surface area (Å²) in [6, 6.07) is 13.1. The van der Waals surface area contributed by atoms with Crippen LogP contribution in [0.15, 0.2) is 61.1 Å². The van der Waals surface area contributed by atoms with Crippen molar-refractivity contribution in [3.05, 3.63) is 77.3 Å². The fourth-order valence-corrected chi connectivity index (χ4v) is 2.21. The molecule has 5 nitrogen and oxygen atoms in total. The summed E-state index contributed by atoms with van der Waals surface area (Å²) in [6.07, 6.45) is 4.90. The predicted molar refractivity (Wildman–Crippen MR) is 85.0 cm³/mol. The van der Waals surface area contributed by atoms with Gasteiger partial charge in [-0.3, -0.25) is 9.48 Å². The van der Waals surface area contributed by atoms with Crippen LogP contribution in [0.3, 0.4) is 0 Å². The van der Waals surface area contributed by atoms with Crippen molar-refractivity contribution >= 4 is 23.2 Å². The van der Waals surface area contributed by atoms with Crippen LogP contribution < -0.4 is 5.32 Å². The van der Waals surface area contributed by atoms with Gasteiger partial charge in [0.1, 0.15) is 5.15 Å². The summed E-state index contributed by atoms with van der Waals surface area (Å²) in [5, 5.41) is 7.31. The lowest BCUT2D eigenvalue weighted by Crippen LogP contribution is -2.11. The van der Waals surface area contributed by atoms with Gasteiger partial charge < -0.3 is 5.32 Å².